The van der Waals surface area contributed by atoms with Crippen LogP contribution < -0.4 is 5.32 Å². The Morgan fingerprint density at radius 1 is 1.44 bits per heavy atom. The number of benzene rings is 1. The van der Waals surface area contributed by atoms with Crippen LogP contribution in [0.5, 0.6) is 0 Å². The van der Waals surface area contributed by atoms with Crippen LogP contribution in [-0.2, 0) is 4.79 Å². The van der Waals surface area contributed by atoms with Gasteiger partial charge in [0.1, 0.15) is 6.04 Å². The van der Waals surface area contributed by atoms with Gasteiger partial charge in [-0.3, -0.25) is 4.79 Å². The van der Waals surface area contributed by atoms with E-state index in [-0.39, 0.29) is 11.9 Å². The van der Waals surface area contributed by atoms with Crippen molar-refractivity contribution in [2.75, 3.05) is 7.05 Å². The van der Waals surface area contributed by atoms with Gasteiger partial charge in [-0.05, 0) is 30.5 Å². The molecule has 1 N–H and O–H groups in total. The maximum absolute atomic E-state index is 11.6. The summed E-state index contributed by atoms with van der Waals surface area (Å²) >= 11 is 5.95. The molecule has 3 nitrogen and oxygen atoms in total. The number of hydrogen-bond donors (Lipinski definition) is 1. The molecular formula is C12H13ClN2O. The summed E-state index contributed by atoms with van der Waals surface area (Å²) in [4.78, 5) is 11.6. The van der Waals surface area contributed by atoms with Gasteiger partial charge in [0.2, 0.25) is 5.91 Å². The number of hydrogen-bond acceptors (Lipinski definition) is 1. The maximum Gasteiger partial charge on any atom is 0.242 e. The fourth-order valence-corrected chi connectivity index (χ4v) is 1.96. The molecule has 0 fully saturated rings. The molecule has 16 heavy (non-hydrogen) atoms. The second-order valence-electron chi connectivity index (χ2n) is 3.72. The van der Waals surface area contributed by atoms with Crippen LogP contribution in [-0.4, -0.2) is 17.5 Å². The standard InChI is InChI=1S/C12H13ClN2O/c1-8(12(16)14-2)15-6-5-9-3-4-10(13)7-11(9)15/h3-8H,1-2H3,(H,14,16). The fraction of sp³-hybridized carbons (Fsp3) is 0.250. The molecule has 0 aliphatic rings. The number of carbonyl (C=O) groups is 1. The number of rotatable bonds is 2. The van der Waals surface area contributed by atoms with Crippen molar-refractivity contribution in [1.29, 1.82) is 0 Å². The van der Waals surface area contributed by atoms with E-state index < -0.39 is 0 Å². The molecule has 0 radical (unpaired) electrons. The van der Waals surface area contributed by atoms with E-state index in [0.717, 1.165) is 10.9 Å². The Hall–Kier alpha value is -1.48. The molecule has 2 rings (SSSR count). The molecule has 0 aliphatic carbocycles. The lowest BCUT2D eigenvalue weighted by Gasteiger charge is -2.13. The molecule has 2 aromatic rings. The zero-order valence-electron chi connectivity index (χ0n) is 9.20. The summed E-state index contributed by atoms with van der Waals surface area (Å²) in [5.41, 5.74) is 0.976. The van der Waals surface area contributed by atoms with Crippen LogP contribution in [0.15, 0.2) is 30.5 Å². The van der Waals surface area contributed by atoms with Crippen molar-refractivity contribution in [3.05, 3.63) is 35.5 Å². The van der Waals surface area contributed by atoms with Crippen LogP contribution in [0.1, 0.15) is 13.0 Å². The second-order valence-corrected chi connectivity index (χ2v) is 4.15. The van der Waals surface area contributed by atoms with Gasteiger partial charge in [-0.1, -0.05) is 17.7 Å². The zero-order valence-corrected chi connectivity index (χ0v) is 9.95. The Labute approximate surface area is 99.0 Å². The Morgan fingerprint density at radius 2 is 2.19 bits per heavy atom. The highest BCUT2D eigenvalue weighted by Gasteiger charge is 2.14. The third-order valence-electron chi connectivity index (χ3n) is 2.73. The summed E-state index contributed by atoms with van der Waals surface area (Å²) < 4.78 is 1.92. The van der Waals surface area contributed by atoms with Gasteiger partial charge >= 0.3 is 0 Å². The van der Waals surface area contributed by atoms with Crippen LogP contribution in [0.2, 0.25) is 5.02 Å². The average Bonchev–Trinajstić information content (AvgIpc) is 2.69. The molecule has 0 bridgehead atoms. The predicted octanol–water partition coefficient (Wildman–Crippen LogP) is 2.60. The Kier molecular flexibility index (Phi) is 2.88. The third-order valence-corrected chi connectivity index (χ3v) is 2.96. The molecule has 1 atom stereocenters. The zero-order chi connectivity index (χ0) is 11.7. The van der Waals surface area contributed by atoms with Crippen molar-refractivity contribution in [2.45, 2.75) is 13.0 Å². The van der Waals surface area contributed by atoms with Gasteiger partial charge in [-0.15, -0.1) is 0 Å². The van der Waals surface area contributed by atoms with Gasteiger partial charge in [-0.25, -0.2) is 0 Å². The summed E-state index contributed by atoms with van der Waals surface area (Å²) in [5.74, 6) is -0.0162. The largest absolute Gasteiger partial charge is 0.357 e. The van der Waals surface area contributed by atoms with Crippen molar-refractivity contribution in [3.63, 3.8) is 0 Å². The van der Waals surface area contributed by atoms with Crippen LogP contribution in [0.4, 0.5) is 0 Å². The van der Waals surface area contributed by atoms with Gasteiger partial charge < -0.3 is 9.88 Å². The van der Waals surface area contributed by atoms with Gasteiger partial charge in [-0.2, -0.15) is 0 Å². The molecular weight excluding hydrogens is 224 g/mol. The SMILES string of the molecule is CNC(=O)C(C)n1ccc2ccc(Cl)cc21. The molecule has 1 unspecified atom stereocenters. The molecule has 1 aromatic carbocycles. The highest BCUT2D eigenvalue weighted by molar-refractivity contribution is 6.31. The topological polar surface area (TPSA) is 34.0 Å². The highest BCUT2D eigenvalue weighted by atomic mass is 35.5. The number of nitrogens with one attached hydrogen (secondary N) is 1. The van der Waals surface area contributed by atoms with E-state index in [1.54, 1.807) is 7.05 Å². The molecule has 0 saturated heterocycles. The van der Waals surface area contributed by atoms with Crippen LogP contribution in [0.3, 0.4) is 0 Å². The molecule has 84 valence electrons. The molecule has 0 spiro atoms. The lowest BCUT2D eigenvalue weighted by Crippen LogP contribution is -2.27. The lowest BCUT2D eigenvalue weighted by atomic mass is 10.2. The highest BCUT2D eigenvalue weighted by Crippen LogP contribution is 2.23. The molecule has 1 aromatic heterocycles. The number of aromatic nitrogens is 1. The van der Waals surface area contributed by atoms with Crippen LogP contribution >= 0.6 is 11.6 Å². The van der Waals surface area contributed by atoms with E-state index in [9.17, 15) is 4.79 Å². The molecule has 1 amide bonds. The number of fused-ring (bicyclic) bond motifs is 1. The van der Waals surface area contributed by atoms with Crippen LogP contribution in [0.25, 0.3) is 10.9 Å². The van der Waals surface area contributed by atoms with E-state index in [2.05, 4.69) is 5.32 Å². The van der Waals surface area contributed by atoms with Crippen LogP contribution in [0, 0.1) is 0 Å². The Bertz CT molecular complexity index is 533. The van der Waals surface area contributed by atoms with Gasteiger partial charge in [0.05, 0.1) is 5.52 Å². The van der Waals surface area contributed by atoms with Gasteiger partial charge in [0.15, 0.2) is 0 Å². The predicted molar refractivity (Wildman–Crippen MR) is 65.7 cm³/mol. The minimum absolute atomic E-state index is 0.0162. The number of halogens is 1. The van der Waals surface area contributed by atoms with Gasteiger partial charge in [0, 0.05) is 18.3 Å². The number of carbonyl (C=O) groups excluding carboxylic acids is 1. The van der Waals surface area contributed by atoms with E-state index in [0.29, 0.717) is 5.02 Å². The molecule has 1 heterocycles. The summed E-state index contributed by atoms with van der Waals surface area (Å²) in [7, 11) is 1.64. The number of nitrogens with zero attached hydrogens (tertiary/aromatic N) is 1. The number of likely N-dealkylation sites (N-methyl/N-ethyl adjacent to an activating group) is 1. The van der Waals surface area contributed by atoms with E-state index >= 15 is 0 Å². The Balaban J connectivity index is 2.52. The summed E-state index contributed by atoms with van der Waals surface area (Å²) in [6.45, 7) is 1.86. The first-order valence-corrected chi connectivity index (χ1v) is 5.49. The van der Waals surface area contributed by atoms with Crippen molar-refractivity contribution in [1.82, 2.24) is 9.88 Å². The van der Waals surface area contributed by atoms with E-state index in [1.807, 2.05) is 42.0 Å². The smallest absolute Gasteiger partial charge is 0.242 e. The first-order valence-electron chi connectivity index (χ1n) is 5.11. The van der Waals surface area contributed by atoms with Gasteiger partial charge in [0.25, 0.3) is 0 Å². The van der Waals surface area contributed by atoms with Crippen molar-refractivity contribution >= 4 is 28.4 Å². The molecule has 0 saturated carbocycles. The molecule has 4 heteroatoms. The Morgan fingerprint density at radius 3 is 2.88 bits per heavy atom. The van der Waals surface area contributed by atoms with E-state index in [1.165, 1.54) is 0 Å². The minimum atomic E-state index is -0.235. The third kappa shape index (κ3) is 1.78. The summed E-state index contributed by atoms with van der Waals surface area (Å²) in [6, 6.07) is 7.41. The monoisotopic (exact) mass is 236 g/mol. The second kappa shape index (κ2) is 4.18. The minimum Gasteiger partial charge on any atom is -0.357 e. The van der Waals surface area contributed by atoms with Crippen molar-refractivity contribution in [2.24, 2.45) is 0 Å². The fourth-order valence-electron chi connectivity index (χ4n) is 1.80. The first-order chi connectivity index (χ1) is 7.63. The summed E-state index contributed by atoms with van der Waals surface area (Å²) in [6.07, 6.45) is 1.90. The summed E-state index contributed by atoms with van der Waals surface area (Å²) in [5, 5.41) is 4.40. The van der Waals surface area contributed by atoms with Crippen molar-refractivity contribution in [3.8, 4) is 0 Å². The average molecular weight is 237 g/mol. The number of amides is 1. The quantitative estimate of drug-likeness (QED) is 0.855. The normalized spacial score (nSPS) is 12.7. The maximum atomic E-state index is 11.6. The van der Waals surface area contributed by atoms with Crippen molar-refractivity contribution < 1.29 is 4.79 Å². The lowest BCUT2D eigenvalue weighted by molar-refractivity contribution is -0.123. The first kappa shape index (κ1) is 11.0. The molecule has 0 aliphatic heterocycles. The van der Waals surface area contributed by atoms with E-state index in [4.69, 9.17) is 11.6 Å².